The van der Waals surface area contributed by atoms with Gasteiger partial charge in [0.25, 0.3) is 0 Å². The van der Waals surface area contributed by atoms with Crippen LogP contribution in [0.15, 0.2) is 48.6 Å². The molecule has 2 saturated heterocycles. The van der Waals surface area contributed by atoms with E-state index >= 15 is 0 Å². The van der Waals surface area contributed by atoms with Crippen molar-refractivity contribution in [1.29, 1.82) is 0 Å². The van der Waals surface area contributed by atoms with E-state index in [-0.39, 0.29) is 18.9 Å². The highest BCUT2D eigenvalue weighted by molar-refractivity contribution is 5.76. The summed E-state index contributed by atoms with van der Waals surface area (Å²) in [5, 5.41) is 87.6. The molecule has 0 spiro atoms. The van der Waals surface area contributed by atoms with Gasteiger partial charge in [0.15, 0.2) is 12.6 Å². The third kappa shape index (κ3) is 48.7. The zero-order valence-electron chi connectivity index (χ0n) is 61.9. The van der Waals surface area contributed by atoms with Gasteiger partial charge >= 0.3 is 0 Å². The first kappa shape index (κ1) is 90.0. The first-order valence-corrected chi connectivity index (χ1v) is 40.9. The number of nitrogens with one attached hydrogen (secondary N) is 1. The van der Waals surface area contributed by atoms with Crippen LogP contribution >= 0.6 is 0 Å². The molecule has 9 N–H and O–H groups in total. The maximum absolute atomic E-state index is 13.4. The molecule has 2 rings (SSSR count). The lowest BCUT2D eigenvalue weighted by atomic mass is 9.97. The Morgan fingerprint density at radius 1 is 0.375 bits per heavy atom. The number of allylic oxidation sites excluding steroid dienone is 7. The Labute approximate surface area is 588 Å². The maximum Gasteiger partial charge on any atom is 0.220 e. The molecule has 1 amide bonds. The summed E-state index contributed by atoms with van der Waals surface area (Å²) in [6.07, 6.45) is 72.2. The van der Waals surface area contributed by atoms with E-state index in [1.807, 2.05) is 6.08 Å². The topological polar surface area (TPSA) is 228 Å². The zero-order chi connectivity index (χ0) is 69.4. The van der Waals surface area contributed by atoms with Crippen LogP contribution in [0.1, 0.15) is 373 Å². The van der Waals surface area contributed by atoms with Gasteiger partial charge in [0.05, 0.1) is 32.0 Å². The minimum Gasteiger partial charge on any atom is -0.394 e. The molecule has 0 bridgehead atoms. The molecule has 12 unspecified atom stereocenters. The number of carbonyl (C=O) groups is 1. The number of hydrogen-bond acceptors (Lipinski definition) is 13. The molecule has 12 atom stereocenters. The van der Waals surface area contributed by atoms with E-state index in [0.29, 0.717) is 12.8 Å². The first-order chi connectivity index (χ1) is 47.1. The number of hydrogen-bond donors (Lipinski definition) is 9. The van der Waals surface area contributed by atoms with Gasteiger partial charge in [0.1, 0.15) is 48.8 Å². The Morgan fingerprint density at radius 3 is 1.08 bits per heavy atom. The molecule has 14 heteroatoms. The first-order valence-electron chi connectivity index (χ1n) is 40.9. The summed E-state index contributed by atoms with van der Waals surface area (Å²) in [6, 6.07) is -0.932. The van der Waals surface area contributed by atoms with Crippen LogP contribution in [-0.2, 0) is 23.7 Å². The molecule has 0 aromatic rings. The number of aliphatic hydroxyl groups excluding tert-OH is 8. The lowest BCUT2D eigenvalue weighted by Crippen LogP contribution is -2.65. The molecule has 0 aromatic carbocycles. The predicted octanol–water partition coefficient (Wildman–Crippen LogP) is 18.6. The van der Waals surface area contributed by atoms with Crippen LogP contribution in [0.5, 0.6) is 0 Å². The van der Waals surface area contributed by atoms with Gasteiger partial charge in [-0.3, -0.25) is 4.79 Å². The summed E-state index contributed by atoms with van der Waals surface area (Å²) >= 11 is 0. The minimum absolute atomic E-state index is 0.242. The minimum atomic E-state index is -1.79. The molecular weight excluding hydrogens is 1210 g/mol. The van der Waals surface area contributed by atoms with Gasteiger partial charge in [-0.15, -0.1) is 0 Å². The Bertz CT molecular complexity index is 1800. The number of aliphatic hydroxyl groups is 8. The van der Waals surface area contributed by atoms with E-state index in [2.05, 4.69) is 55.6 Å². The second-order valence-corrected chi connectivity index (χ2v) is 28.9. The molecule has 96 heavy (non-hydrogen) atoms. The molecule has 564 valence electrons. The smallest absolute Gasteiger partial charge is 0.220 e. The molecule has 14 nitrogen and oxygen atoms in total. The summed E-state index contributed by atoms with van der Waals surface area (Å²) in [7, 11) is 0. The van der Waals surface area contributed by atoms with Gasteiger partial charge < -0.3 is 65.1 Å². The van der Waals surface area contributed by atoms with Crippen LogP contribution < -0.4 is 5.32 Å². The third-order valence-corrected chi connectivity index (χ3v) is 20.0. The summed E-state index contributed by atoms with van der Waals surface area (Å²) in [6.45, 7) is 2.82. The molecular formula is C82H153NO13. The number of amides is 1. The van der Waals surface area contributed by atoms with Crippen molar-refractivity contribution in [3.63, 3.8) is 0 Å². The number of carbonyl (C=O) groups excluding carboxylic acids is 1. The van der Waals surface area contributed by atoms with Gasteiger partial charge in [-0.25, -0.2) is 0 Å². The standard InChI is InChI=1S/C82H153NO13/c1-3-5-7-9-11-13-15-17-19-21-23-25-26-27-28-29-30-31-32-33-34-35-36-37-38-39-40-41-42-43-44-46-48-50-52-54-56-58-60-62-64-66-74(87)83-70(71(86)65-63-61-59-57-55-53-51-49-47-45-24-22-20-18-16-14-12-10-8-6-4-2)69-93-81-79(92)77(90)80(73(68-85)95-81)96-82-78(91)76(89)75(88)72(67-84)94-82/h15,17,21,23,55,57,63,65,70-73,75-82,84-86,88-92H,3-14,16,18-20,22,24-54,56,58-62,64,66-69H2,1-2H3,(H,83,87)/b17-15-,23-21-,57-55+,65-63+. The molecule has 2 heterocycles. The molecule has 2 aliphatic heterocycles. The van der Waals surface area contributed by atoms with Crippen molar-refractivity contribution in [1.82, 2.24) is 5.32 Å². The van der Waals surface area contributed by atoms with Crippen molar-refractivity contribution in [2.24, 2.45) is 0 Å². The Hall–Kier alpha value is -2.05. The fourth-order valence-electron chi connectivity index (χ4n) is 13.5. The molecule has 0 radical (unpaired) electrons. The van der Waals surface area contributed by atoms with Crippen molar-refractivity contribution in [3.8, 4) is 0 Å². The molecule has 0 aromatic heterocycles. The van der Waals surface area contributed by atoms with Crippen LogP contribution in [-0.4, -0.2) is 140 Å². The van der Waals surface area contributed by atoms with Gasteiger partial charge in [0.2, 0.25) is 5.91 Å². The summed E-state index contributed by atoms with van der Waals surface area (Å²) in [4.78, 5) is 13.4. The summed E-state index contributed by atoms with van der Waals surface area (Å²) in [5.41, 5.74) is 0. The molecule has 2 aliphatic rings. The quantitative estimate of drug-likeness (QED) is 0.0204. The van der Waals surface area contributed by atoms with Gasteiger partial charge in [-0.05, 0) is 64.2 Å². The Balaban J connectivity index is 1.56. The maximum atomic E-state index is 13.4. The van der Waals surface area contributed by atoms with Crippen LogP contribution in [0.3, 0.4) is 0 Å². The second kappa shape index (κ2) is 66.2. The van der Waals surface area contributed by atoms with Crippen molar-refractivity contribution >= 4 is 5.91 Å². The van der Waals surface area contributed by atoms with Gasteiger partial charge in [-0.1, -0.05) is 351 Å². The average molecular weight is 1360 g/mol. The fraction of sp³-hybridized carbons (Fsp3) is 0.890. The summed E-state index contributed by atoms with van der Waals surface area (Å²) < 4.78 is 22.9. The molecule has 0 aliphatic carbocycles. The number of ether oxygens (including phenoxy) is 4. The van der Waals surface area contributed by atoms with Crippen LogP contribution in [0.4, 0.5) is 0 Å². The van der Waals surface area contributed by atoms with Crippen LogP contribution in [0.25, 0.3) is 0 Å². The molecule has 2 fully saturated rings. The number of unbranched alkanes of at least 4 members (excludes halogenated alkanes) is 50. The lowest BCUT2D eigenvalue weighted by Gasteiger charge is -2.46. The van der Waals surface area contributed by atoms with Crippen molar-refractivity contribution in [2.45, 2.75) is 447 Å². The second-order valence-electron chi connectivity index (χ2n) is 28.9. The van der Waals surface area contributed by atoms with E-state index in [9.17, 15) is 45.6 Å². The van der Waals surface area contributed by atoms with E-state index < -0.39 is 86.8 Å². The highest BCUT2D eigenvalue weighted by atomic mass is 16.7. The Morgan fingerprint density at radius 2 is 0.698 bits per heavy atom. The third-order valence-electron chi connectivity index (χ3n) is 20.0. The lowest BCUT2D eigenvalue weighted by molar-refractivity contribution is -0.359. The van der Waals surface area contributed by atoms with Crippen molar-refractivity contribution < 1.29 is 64.6 Å². The Kier molecular flexibility index (Phi) is 62.1. The van der Waals surface area contributed by atoms with Crippen LogP contribution in [0.2, 0.25) is 0 Å². The monoisotopic (exact) mass is 1360 g/mol. The van der Waals surface area contributed by atoms with E-state index in [1.165, 1.54) is 302 Å². The van der Waals surface area contributed by atoms with E-state index in [1.54, 1.807) is 6.08 Å². The van der Waals surface area contributed by atoms with Crippen LogP contribution in [0, 0.1) is 0 Å². The normalized spacial score (nSPS) is 22.4. The van der Waals surface area contributed by atoms with Crippen molar-refractivity contribution in [2.75, 3.05) is 19.8 Å². The molecule has 0 saturated carbocycles. The van der Waals surface area contributed by atoms with E-state index in [4.69, 9.17) is 18.9 Å². The van der Waals surface area contributed by atoms with E-state index in [0.717, 1.165) is 38.5 Å². The predicted molar refractivity (Wildman–Crippen MR) is 397 cm³/mol. The van der Waals surface area contributed by atoms with Gasteiger partial charge in [-0.2, -0.15) is 0 Å². The zero-order valence-corrected chi connectivity index (χ0v) is 61.9. The average Bonchev–Trinajstić information content (AvgIpc) is 0.807. The summed E-state index contributed by atoms with van der Waals surface area (Å²) in [5.74, 6) is -0.242. The highest BCUT2D eigenvalue weighted by Crippen LogP contribution is 2.30. The number of rotatable bonds is 69. The SMILES string of the molecule is CCCCCCC/C=C\C/C=C\CCCCCCCCCCCCCCCCCCCCCCCCCCCCCCCC(=O)NC(COC1OC(CO)C(OC2OC(CO)C(O)C(O)C2O)C(O)C1O)C(O)/C=C/CC/C=C/CCCCCCCCCCCCCCCCC. The largest absolute Gasteiger partial charge is 0.394 e. The highest BCUT2D eigenvalue weighted by Gasteiger charge is 2.51. The van der Waals surface area contributed by atoms with Gasteiger partial charge in [0, 0.05) is 6.42 Å². The van der Waals surface area contributed by atoms with Crippen molar-refractivity contribution in [3.05, 3.63) is 48.6 Å². The fourth-order valence-corrected chi connectivity index (χ4v) is 13.5.